The van der Waals surface area contributed by atoms with Crippen molar-refractivity contribution >= 4 is 34.6 Å². The van der Waals surface area contributed by atoms with Crippen molar-refractivity contribution in [3.8, 4) is 0 Å². The first-order valence-corrected chi connectivity index (χ1v) is 9.75. The zero-order valence-electron chi connectivity index (χ0n) is 15.6. The molecule has 1 fully saturated rings. The van der Waals surface area contributed by atoms with Crippen LogP contribution in [-0.2, 0) is 9.59 Å². The van der Waals surface area contributed by atoms with Gasteiger partial charge in [-0.05, 0) is 35.9 Å². The number of alkyl halides is 1. The zero-order chi connectivity index (χ0) is 21.0. The number of carbonyl (C=O) groups is 2. The Labute approximate surface area is 176 Å². The molecule has 1 aliphatic carbocycles. The highest BCUT2D eigenvalue weighted by atomic mass is 35.5. The van der Waals surface area contributed by atoms with Crippen molar-refractivity contribution < 1.29 is 19.1 Å². The van der Waals surface area contributed by atoms with Gasteiger partial charge in [-0.3, -0.25) is 9.59 Å². The number of benzene rings is 2. The monoisotopic (exact) mass is 422 g/mol. The molecule has 0 radical (unpaired) electrons. The minimum absolute atomic E-state index is 0.00621. The summed E-state index contributed by atoms with van der Waals surface area (Å²) >= 11 is 6.19. The zero-order valence-corrected chi connectivity index (χ0v) is 16.4. The maximum atomic E-state index is 14.1. The minimum Gasteiger partial charge on any atom is -0.510 e. The summed E-state index contributed by atoms with van der Waals surface area (Å²) in [6.45, 7) is 0.0237. The van der Waals surface area contributed by atoms with Gasteiger partial charge in [0.1, 0.15) is 5.76 Å². The molecule has 5 rings (SSSR count). The maximum Gasteiger partial charge on any atom is 0.259 e. The molecule has 1 spiro atoms. The molecule has 1 saturated heterocycles. The third-order valence-electron chi connectivity index (χ3n) is 5.67. The van der Waals surface area contributed by atoms with Gasteiger partial charge in [-0.1, -0.05) is 48.0 Å². The third-order valence-corrected chi connectivity index (χ3v) is 5.91. The fourth-order valence-electron chi connectivity index (χ4n) is 4.48. The summed E-state index contributed by atoms with van der Waals surface area (Å²) in [4.78, 5) is 27.5. The largest absolute Gasteiger partial charge is 0.510 e. The van der Waals surface area contributed by atoms with Crippen LogP contribution in [0.4, 0.5) is 10.1 Å². The first-order chi connectivity index (χ1) is 14.4. The predicted molar refractivity (Wildman–Crippen MR) is 112 cm³/mol. The van der Waals surface area contributed by atoms with Crippen molar-refractivity contribution in [3.63, 3.8) is 0 Å². The first kappa shape index (κ1) is 18.6. The molecular weight excluding hydrogens is 407 g/mol. The van der Waals surface area contributed by atoms with E-state index < -0.39 is 23.4 Å². The number of fused-ring (bicyclic) bond motifs is 2. The average Bonchev–Trinajstić information content (AvgIpc) is 3.18. The highest BCUT2D eigenvalue weighted by Crippen LogP contribution is 2.52. The van der Waals surface area contributed by atoms with Gasteiger partial charge in [-0.25, -0.2) is 4.39 Å². The van der Waals surface area contributed by atoms with Crippen molar-refractivity contribution in [1.82, 2.24) is 5.32 Å². The summed E-state index contributed by atoms with van der Waals surface area (Å²) in [6.07, 6.45) is 0.452. The summed E-state index contributed by atoms with van der Waals surface area (Å²) in [5.74, 6) is -1.22. The Kier molecular flexibility index (Phi) is 4.08. The van der Waals surface area contributed by atoms with Crippen LogP contribution in [0.25, 0.3) is 5.57 Å². The van der Waals surface area contributed by atoms with Crippen molar-refractivity contribution in [2.45, 2.75) is 11.7 Å². The summed E-state index contributed by atoms with van der Waals surface area (Å²) in [7, 11) is 0. The normalized spacial score (nSPS) is 25.4. The number of allylic oxidation sites excluding steroid dienone is 2. The molecule has 2 aliphatic heterocycles. The Balaban J connectivity index is 1.81. The number of hydrogen-bond donors (Lipinski definition) is 2. The van der Waals surface area contributed by atoms with E-state index in [1.54, 1.807) is 53.4 Å². The highest BCUT2D eigenvalue weighted by molar-refractivity contribution is 6.31. The number of ketones is 1. The maximum absolute atomic E-state index is 14.1. The number of carbonyl (C=O) groups excluding carboxylic acids is 2. The van der Waals surface area contributed by atoms with Gasteiger partial charge in [0.15, 0.2) is 17.5 Å². The number of amides is 1. The molecule has 0 bridgehead atoms. The number of nitrogens with zero attached hydrogens (tertiary/aromatic N) is 1. The van der Waals surface area contributed by atoms with Crippen molar-refractivity contribution in [3.05, 3.63) is 94.4 Å². The van der Waals surface area contributed by atoms with E-state index in [0.29, 0.717) is 27.4 Å². The number of aliphatic hydroxyl groups excluding tert-OH is 1. The molecule has 0 aromatic heterocycles. The highest BCUT2D eigenvalue weighted by Gasteiger charge is 2.61. The topological polar surface area (TPSA) is 69.6 Å². The Morgan fingerprint density at radius 3 is 2.63 bits per heavy atom. The van der Waals surface area contributed by atoms with Crippen LogP contribution in [0, 0.1) is 0 Å². The predicted octanol–water partition coefficient (Wildman–Crippen LogP) is 3.73. The second-order valence-electron chi connectivity index (χ2n) is 7.36. The van der Waals surface area contributed by atoms with Crippen LogP contribution < -0.4 is 10.2 Å². The SMILES string of the molecule is O=C1C=C2C(=CC1F)NC(=O)C21C(c2ccccc2)=C(O)CN1c1cccc(Cl)c1. The molecule has 2 N–H and O–H groups in total. The number of hydrogen-bond acceptors (Lipinski definition) is 4. The van der Waals surface area contributed by atoms with E-state index in [2.05, 4.69) is 5.32 Å². The number of nitrogens with one attached hydrogen (secondary N) is 1. The lowest BCUT2D eigenvalue weighted by Gasteiger charge is -2.38. The molecule has 3 aliphatic rings. The number of anilines is 1. The standard InChI is InChI=1S/C23H16ClFN2O3/c24-14-7-4-8-15(9-14)27-12-20(29)21(13-5-2-1-3-6-13)23(27)16-10-19(28)17(25)11-18(16)26-22(23)30/h1-11,17,29H,12H2,(H,26,30). The van der Waals surface area contributed by atoms with Crippen molar-refractivity contribution in [2.75, 3.05) is 11.4 Å². The van der Waals surface area contributed by atoms with E-state index in [1.807, 2.05) is 6.07 Å². The van der Waals surface area contributed by atoms with Crippen LogP contribution in [0.3, 0.4) is 0 Å². The van der Waals surface area contributed by atoms with Crippen LogP contribution in [0.15, 0.2) is 83.8 Å². The second-order valence-corrected chi connectivity index (χ2v) is 7.80. The number of rotatable bonds is 2. The molecule has 30 heavy (non-hydrogen) atoms. The summed E-state index contributed by atoms with van der Waals surface area (Å²) in [5, 5.41) is 14.2. The Morgan fingerprint density at radius 1 is 1.13 bits per heavy atom. The summed E-state index contributed by atoms with van der Waals surface area (Å²) in [6, 6.07) is 15.9. The molecule has 5 nitrogen and oxygen atoms in total. The molecule has 2 atom stereocenters. The smallest absolute Gasteiger partial charge is 0.259 e. The van der Waals surface area contributed by atoms with Gasteiger partial charge in [0.05, 0.1) is 6.54 Å². The van der Waals surface area contributed by atoms with E-state index in [9.17, 15) is 19.1 Å². The lowest BCUT2D eigenvalue weighted by Crippen LogP contribution is -2.53. The number of halogens is 2. The van der Waals surface area contributed by atoms with E-state index in [0.717, 1.165) is 12.2 Å². The fourth-order valence-corrected chi connectivity index (χ4v) is 4.66. The van der Waals surface area contributed by atoms with Gasteiger partial charge in [0.25, 0.3) is 5.91 Å². The Bertz CT molecular complexity index is 1190. The number of aliphatic hydroxyl groups is 1. The first-order valence-electron chi connectivity index (χ1n) is 9.38. The minimum atomic E-state index is -1.82. The summed E-state index contributed by atoms with van der Waals surface area (Å²) < 4.78 is 14.1. The van der Waals surface area contributed by atoms with Crippen LogP contribution in [0.1, 0.15) is 5.56 Å². The fraction of sp³-hybridized carbons (Fsp3) is 0.130. The van der Waals surface area contributed by atoms with Gasteiger partial charge < -0.3 is 15.3 Å². The molecule has 1 amide bonds. The van der Waals surface area contributed by atoms with Gasteiger partial charge in [0.2, 0.25) is 0 Å². The third kappa shape index (κ3) is 2.47. The van der Waals surface area contributed by atoms with Gasteiger partial charge in [-0.2, -0.15) is 0 Å². The Morgan fingerprint density at radius 2 is 1.90 bits per heavy atom. The van der Waals surface area contributed by atoms with Gasteiger partial charge >= 0.3 is 0 Å². The van der Waals surface area contributed by atoms with E-state index >= 15 is 0 Å². The molecule has 0 saturated carbocycles. The second kappa shape index (κ2) is 6.57. The van der Waals surface area contributed by atoms with Crippen molar-refractivity contribution in [1.29, 1.82) is 0 Å². The van der Waals surface area contributed by atoms with Crippen LogP contribution in [0.5, 0.6) is 0 Å². The summed E-state index contributed by atoms with van der Waals surface area (Å²) in [5.41, 5.74) is 0.605. The average molecular weight is 423 g/mol. The quantitative estimate of drug-likeness (QED) is 0.773. The Hall–Kier alpha value is -3.38. The van der Waals surface area contributed by atoms with Crippen LogP contribution in [-0.4, -0.2) is 35.1 Å². The van der Waals surface area contributed by atoms with E-state index in [4.69, 9.17) is 11.6 Å². The molecule has 150 valence electrons. The molecule has 2 aromatic rings. The molecule has 2 heterocycles. The van der Waals surface area contributed by atoms with Crippen LogP contribution in [0.2, 0.25) is 5.02 Å². The van der Waals surface area contributed by atoms with Crippen LogP contribution >= 0.6 is 11.6 Å². The lowest BCUT2D eigenvalue weighted by atomic mass is 9.78. The molecular formula is C23H16ClFN2O3. The molecule has 7 heteroatoms. The molecule has 2 unspecified atom stereocenters. The van der Waals surface area contributed by atoms with Gasteiger partial charge in [-0.15, -0.1) is 0 Å². The molecule has 2 aromatic carbocycles. The van der Waals surface area contributed by atoms with Gasteiger partial charge in [0, 0.05) is 27.6 Å². The van der Waals surface area contributed by atoms with E-state index in [-0.39, 0.29) is 18.0 Å². The lowest BCUT2D eigenvalue weighted by molar-refractivity contribution is -0.121. The van der Waals surface area contributed by atoms with Crippen molar-refractivity contribution in [2.24, 2.45) is 0 Å². The van der Waals surface area contributed by atoms with E-state index in [1.165, 1.54) is 0 Å².